The Morgan fingerprint density at radius 2 is 1.81 bits per heavy atom. The lowest BCUT2D eigenvalue weighted by atomic mass is 10.1. The number of fused-ring (bicyclic) bond motifs is 1. The third kappa shape index (κ3) is 10.9. The van der Waals surface area contributed by atoms with Gasteiger partial charge in [-0.05, 0) is 51.3 Å². The first-order valence-corrected chi connectivity index (χ1v) is 12.4. The maximum Gasteiger partial charge on any atom is 0.328 e. The number of hydrogen-bond acceptors (Lipinski definition) is 7. The van der Waals surface area contributed by atoms with Crippen molar-refractivity contribution in [1.29, 1.82) is 0 Å². The van der Waals surface area contributed by atoms with Gasteiger partial charge in [0.05, 0.1) is 30.3 Å². The minimum absolute atomic E-state index is 0.309. The molecule has 0 aliphatic carbocycles. The van der Waals surface area contributed by atoms with Gasteiger partial charge in [0.1, 0.15) is 0 Å². The lowest BCUT2D eigenvalue weighted by Gasteiger charge is -2.20. The van der Waals surface area contributed by atoms with Crippen LogP contribution in [-0.4, -0.2) is 53.4 Å². The summed E-state index contributed by atoms with van der Waals surface area (Å²) in [5, 5.41) is 20.2. The minimum atomic E-state index is -1.26. The molecule has 0 aliphatic rings. The Balaban J connectivity index is 0.000000697. The van der Waals surface area contributed by atoms with Crippen LogP contribution in [0.2, 0.25) is 0 Å². The van der Waals surface area contributed by atoms with Gasteiger partial charge in [-0.1, -0.05) is 32.6 Å². The molecule has 0 saturated carbocycles. The number of aliphatic carboxylic acids is 2. The lowest BCUT2D eigenvalue weighted by molar-refractivity contribution is -0.134. The quantitative estimate of drug-likeness (QED) is 0.191. The Labute approximate surface area is 213 Å². The summed E-state index contributed by atoms with van der Waals surface area (Å²) in [6.07, 6.45) is 11.0. The Bertz CT molecular complexity index is 977. The molecule has 0 aliphatic heterocycles. The van der Waals surface area contributed by atoms with E-state index in [9.17, 15) is 9.59 Å². The summed E-state index contributed by atoms with van der Waals surface area (Å²) in [5.74, 6) is -0.954. The highest BCUT2D eigenvalue weighted by atomic mass is 16.5. The second-order valence-electron chi connectivity index (χ2n) is 8.56. The molecule has 2 aromatic rings. The number of ether oxygens (including phenoxy) is 2. The van der Waals surface area contributed by atoms with Crippen molar-refractivity contribution >= 4 is 28.5 Å². The summed E-state index contributed by atoms with van der Waals surface area (Å²) >= 11 is 0. The molecule has 9 nitrogen and oxygen atoms in total. The molecule has 200 valence electrons. The fraction of sp³-hybridized carbons (Fsp3) is 0.519. The van der Waals surface area contributed by atoms with E-state index in [2.05, 4.69) is 31.1 Å². The fourth-order valence-electron chi connectivity index (χ4n) is 3.63. The van der Waals surface area contributed by atoms with Gasteiger partial charge in [0.15, 0.2) is 11.5 Å². The summed E-state index contributed by atoms with van der Waals surface area (Å²) in [6, 6.07) is 4.35. The summed E-state index contributed by atoms with van der Waals surface area (Å²) < 4.78 is 11.9. The minimum Gasteiger partial charge on any atom is -0.493 e. The number of methoxy groups -OCH3 is 1. The lowest BCUT2D eigenvalue weighted by Crippen LogP contribution is -2.17. The number of carboxylic acid groups (broad SMARTS) is 2. The van der Waals surface area contributed by atoms with Crippen LogP contribution < -0.4 is 20.5 Å². The van der Waals surface area contributed by atoms with E-state index in [0.717, 1.165) is 52.9 Å². The van der Waals surface area contributed by atoms with Crippen LogP contribution in [0.15, 0.2) is 30.5 Å². The molecule has 0 fully saturated rings. The second-order valence-corrected chi connectivity index (χ2v) is 8.56. The van der Waals surface area contributed by atoms with Gasteiger partial charge < -0.3 is 30.7 Å². The zero-order valence-corrected chi connectivity index (χ0v) is 21.9. The number of unbranched alkanes of at least 4 members (excludes halogenated alkanes) is 4. The number of carbonyl (C=O) groups is 2. The standard InChI is InChI=1S/C23H37N3O2.C4H4O4/c1-5-6-7-8-9-15-28-23-20(27-4)16-19(26-18(3)11-10-13-24)22-21(23)17(2)12-14-25-22;5-3(6)1-2-4(7)8/h12,14,16,18,26H,5-11,13,15,24H2,1-4H3;1-2H,(H,5,6)(H,7,8)/b;2-1+. The first-order valence-electron chi connectivity index (χ1n) is 12.4. The Kier molecular flexibility index (Phi) is 14.6. The van der Waals surface area contributed by atoms with Crippen LogP contribution in [-0.2, 0) is 9.59 Å². The van der Waals surface area contributed by atoms with Gasteiger partial charge in [0, 0.05) is 30.5 Å². The number of rotatable bonds is 15. The normalized spacial score (nSPS) is 11.6. The molecular formula is C27H41N3O6. The van der Waals surface area contributed by atoms with Crippen LogP contribution >= 0.6 is 0 Å². The highest BCUT2D eigenvalue weighted by Gasteiger charge is 2.18. The molecule has 0 bridgehead atoms. The maximum absolute atomic E-state index is 9.55. The third-order valence-electron chi connectivity index (χ3n) is 5.47. The number of aromatic nitrogens is 1. The first kappa shape index (κ1) is 30.7. The van der Waals surface area contributed by atoms with E-state index in [1.165, 1.54) is 25.7 Å². The van der Waals surface area contributed by atoms with E-state index in [-0.39, 0.29) is 0 Å². The number of benzene rings is 1. The van der Waals surface area contributed by atoms with E-state index in [1.807, 2.05) is 18.3 Å². The van der Waals surface area contributed by atoms with Crippen LogP contribution in [0.4, 0.5) is 5.69 Å². The number of nitrogens with zero attached hydrogens (tertiary/aromatic N) is 1. The van der Waals surface area contributed by atoms with Crippen LogP contribution in [0, 0.1) is 6.92 Å². The number of aryl methyl sites for hydroxylation is 1. The molecule has 0 radical (unpaired) electrons. The summed E-state index contributed by atoms with van der Waals surface area (Å²) in [5.41, 5.74) is 8.71. The molecule has 1 aromatic carbocycles. The summed E-state index contributed by atoms with van der Waals surface area (Å²) in [6.45, 7) is 7.90. The monoisotopic (exact) mass is 503 g/mol. The van der Waals surface area contributed by atoms with Gasteiger partial charge >= 0.3 is 11.9 Å². The molecule has 36 heavy (non-hydrogen) atoms. The van der Waals surface area contributed by atoms with Crippen LogP contribution in [0.25, 0.3) is 10.9 Å². The van der Waals surface area contributed by atoms with Crippen molar-refractivity contribution in [3.8, 4) is 11.5 Å². The zero-order valence-electron chi connectivity index (χ0n) is 21.9. The highest BCUT2D eigenvalue weighted by Crippen LogP contribution is 2.41. The van der Waals surface area contributed by atoms with Crippen molar-refractivity contribution in [2.24, 2.45) is 5.73 Å². The molecule has 0 saturated heterocycles. The molecule has 1 heterocycles. The zero-order chi connectivity index (χ0) is 26.9. The smallest absolute Gasteiger partial charge is 0.328 e. The number of hydrogen-bond donors (Lipinski definition) is 4. The van der Waals surface area contributed by atoms with Crippen LogP contribution in [0.5, 0.6) is 11.5 Å². The van der Waals surface area contributed by atoms with Crippen LogP contribution in [0.3, 0.4) is 0 Å². The molecule has 1 atom stereocenters. The van der Waals surface area contributed by atoms with E-state index < -0.39 is 11.9 Å². The van der Waals surface area contributed by atoms with Crippen molar-refractivity contribution in [2.45, 2.75) is 71.8 Å². The highest BCUT2D eigenvalue weighted by molar-refractivity contribution is 5.99. The Morgan fingerprint density at radius 3 is 2.39 bits per heavy atom. The molecule has 2 rings (SSSR count). The number of pyridine rings is 1. The van der Waals surface area contributed by atoms with Crippen molar-refractivity contribution < 1.29 is 29.3 Å². The third-order valence-corrected chi connectivity index (χ3v) is 5.47. The van der Waals surface area contributed by atoms with Crippen molar-refractivity contribution in [3.05, 3.63) is 36.0 Å². The van der Waals surface area contributed by atoms with Crippen molar-refractivity contribution in [1.82, 2.24) is 4.98 Å². The number of nitrogens with two attached hydrogens (primary N) is 1. The van der Waals surface area contributed by atoms with Gasteiger partial charge in [0.2, 0.25) is 0 Å². The van der Waals surface area contributed by atoms with Gasteiger partial charge in [-0.3, -0.25) is 4.98 Å². The summed E-state index contributed by atoms with van der Waals surface area (Å²) in [7, 11) is 1.70. The number of anilines is 1. The molecule has 0 amide bonds. The molecule has 9 heteroatoms. The average Bonchev–Trinajstić information content (AvgIpc) is 2.84. The average molecular weight is 504 g/mol. The fourth-order valence-corrected chi connectivity index (χ4v) is 3.63. The molecule has 5 N–H and O–H groups in total. The second kappa shape index (κ2) is 17.2. The molecule has 1 aromatic heterocycles. The Hall–Kier alpha value is -3.33. The predicted molar refractivity (Wildman–Crippen MR) is 143 cm³/mol. The largest absolute Gasteiger partial charge is 0.493 e. The van der Waals surface area contributed by atoms with E-state index in [4.69, 9.17) is 25.4 Å². The number of carboxylic acids is 2. The molecule has 0 spiro atoms. The van der Waals surface area contributed by atoms with Crippen LogP contribution in [0.1, 0.15) is 64.4 Å². The van der Waals surface area contributed by atoms with E-state index >= 15 is 0 Å². The van der Waals surface area contributed by atoms with Crippen molar-refractivity contribution in [2.75, 3.05) is 25.6 Å². The SMILES string of the molecule is CCCCCCCOc1c(OC)cc(NC(C)CCCN)c2nccc(C)c12.O=C(O)/C=C/C(=O)O. The summed E-state index contributed by atoms with van der Waals surface area (Å²) in [4.78, 5) is 23.8. The van der Waals surface area contributed by atoms with Gasteiger partial charge in [0.25, 0.3) is 0 Å². The van der Waals surface area contributed by atoms with E-state index in [1.54, 1.807) is 7.11 Å². The first-order chi connectivity index (χ1) is 17.2. The van der Waals surface area contributed by atoms with Gasteiger partial charge in [-0.2, -0.15) is 0 Å². The molecular weight excluding hydrogens is 462 g/mol. The molecule has 1 unspecified atom stereocenters. The predicted octanol–water partition coefficient (Wildman–Crippen LogP) is 5.15. The maximum atomic E-state index is 9.55. The Morgan fingerprint density at radius 1 is 1.14 bits per heavy atom. The van der Waals surface area contributed by atoms with Crippen molar-refractivity contribution in [3.63, 3.8) is 0 Å². The topological polar surface area (TPSA) is 144 Å². The number of nitrogens with one attached hydrogen (secondary N) is 1. The van der Waals surface area contributed by atoms with Gasteiger partial charge in [-0.15, -0.1) is 0 Å². The van der Waals surface area contributed by atoms with Gasteiger partial charge in [-0.25, -0.2) is 9.59 Å². The van der Waals surface area contributed by atoms with E-state index in [0.29, 0.717) is 31.3 Å².